The minimum atomic E-state index is -4.91. The van der Waals surface area contributed by atoms with Gasteiger partial charge < -0.3 is 4.74 Å². The molecule has 0 heterocycles. The van der Waals surface area contributed by atoms with Gasteiger partial charge in [-0.15, -0.1) is 6.58 Å². The molecule has 134 valence electrons. The van der Waals surface area contributed by atoms with Crippen LogP contribution in [0.25, 0.3) is 0 Å². The minimum absolute atomic E-state index is 0.332. The summed E-state index contributed by atoms with van der Waals surface area (Å²) in [4.78, 5) is 24.5. The van der Waals surface area contributed by atoms with E-state index in [0.29, 0.717) is 10.5 Å². The Balaban J connectivity index is 3.06. The highest BCUT2D eigenvalue weighted by molar-refractivity contribution is 6.08. The summed E-state index contributed by atoms with van der Waals surface area (Å²) in [5.41, 5.74) is -2.58. The molecule has 4 nitrogen and oxygen atoms in total. The van der Waals surface area contributed by atoms with Crippen LogP contribution < -0.4 is 0 Å². The Labute approximate surface area is 144 Å². The van der Waals surface area contributed by atoms with E-state index >= 15 is 0 Å². The fourth-order valence-corrected chi connectivity index (χ4v) is 2.26. The molecule has 1 atom stereocenters. The van der Waals surface area contributed by atoms with Crippen molar-refractivity contribution in [1.29, 1.82) is 0 Å². The zero-order valence-corrected chi connectivity index (χ0v) is 13.9. The zero-order chi connectivity index (χ0) is 19.1. The highest BCUT2D eigenvalue weighted by atomic mass is 19.4. The first kappa shape index (κ1) is 20.5. The first-order valence-corrected chi connectivity index (χ1v) is 7.26. The number of esters is 1. The molecule has 0 aliphatic carbocycles. The van der Waals surface area contributed by atoms with Crippen LogP contribution in [-0.4, -0.2) is 49.1 Å². The Morgan fingerprint density at radius 1 is 1.28 bits per heavy atom. The lowest BCUT2D eigenvalue weighted by Gasteiger charge is -2.38. The standard InChI is InChI=1S/C18H18F3NO3/c1-4-12-17(16(24)25-3,18(19,20)21)22(2)13-8-11-15(23)14-9-6-5-7-10-14/h4-7,9-10H,1,12-13H2,2-3H3. The Bertz CT molecular complexity index is 689. The molecule has 1 rings (SSSR count). The molecular formula is C18H18F3NO3. The monoisotopic (exact) mass is 353 g/mol. The number of hydrogen-bond acceptors (Lipinski definition) is 4. The number of likely N-dealkylation sites (N-methyl/N-ethyl adjacent to an activating group) is 1. The summed E-state index contributed by atoms with van der Waals surface area (Å²) in [6.07, 6.45) is -4.62. The van der Waals surface area contributed by atoms with Gasteiger partial charge in [-0.05, 0) is 13.0 Å². The van der Waals surface area contributed by atoms with Crippen LogP contribution in [0.4, 0.5) is 13.2 Å². The first-order valence-electron chi connectivity index (χ1n) is 7.26. The molecule has 0 saturated heterocycles. The van der Waals surface area contributed by atoms with Gasteiger partial charge in [-0.2, -0.15) is 13.2 Å². The molecule has 0 spiro atoms. The molecule has 0 amide bonds. The molecule has 0 saturated carbocycles. The van der Waals surface area contributed by atoms with E-state index in [-0.39, 0.29) is 0 Å². The maximum absolute atomic E-state index is 13.6. The number of Topliss-reactive ketones (excluding diaryl/α,β-unsaturated/α-hetero) is 1. The molecular weight excluding hydrogens is 335 g/mol. The molecule has 1 unspecified atom stereocenters. The van der Waals surface area contributed by atoms with E-state index in [0.717, 1.165) is 20.2 Å². The molecule has 1 aromatic carbocycles. The Hall–Kier alpha value is -2.59. The van der Waals surface area contributed by atoms with Crippen LogP contribution in [0.3, 0.4) is 0 Å². The number of nitrogens with zero attached hydrogens (tertiary/aromatic N) is 1. The average Bonchev–Trinajstić information content (AvgIpc) is 2.58. The van der Waals surface area contributed by atoms with Crippen molar-refractivity contribution in [2.45, 2.75) is 18.1 Å². The fourth-order valence-electron chi connectivity index (χ4n) is 2.26. The van der Waals surface area contributed by atoms with Crippen LogP contribution in [0.15, 0.2) is 43.0 Å². The molecule has 7 heteroatoms. The SMILES string of the molecule is C=CCC(C(=O)OC)(N(C)CC#CC(=O)c1ccccc1)C(F)(F)F. The van der Waals surface area contributed by atoms with Crippen LogP contribution in [0.2, 0.25) is 0 Å². The number of ether oxygens (including phenoxy) is 1. The second-order valence-corrected chi connectivity index (χ2v) is 5.20. The lowest BCUT2D eigenvalue weighted by molar-refractivity contribution is -0.234. The summed E-state index contributed by atoms with van der Waals surface area (Å²) in [6, 6.07) is 8.12. The van der Waals surface area contributed by atoms with Gasteiger partial charge in [-0.1, -0.05) is 42.3 Å². The van der Waals surface area contributed by atoms with E-state index in [1.54, 1.807) is 30.3 Å². The maximum Gasteiger partial charge on any atom is 0.417 e. The minimum Gasteiger partial charge on any atom is -0.467 e. The second kappa shape index (κ2) is 8.49. The molecule has 0 radical (unpaired) electrons. The summed E-state index contributed by atoms with van der Waals surface area (Å²) in [6.45, 7) is 2.82. The van der Waals surface area contributed by atoms with Crippen molar-refractivity contribution in [3.63, 3.8) is 0 Å². The van der Waals surface area contributed by atoms with E-state index in [9.17, 15) is 22.8 Å². The summed E-state index contributed by atoms with van der Waals surface area (Å²) in [5.74, 6) is 2.68. The van der Waals surface area contributed by atoms with Gasteiger partial charge in [0.2, 0.25) is 11.3 Å². The largest absolute Gasteiger partial charge is 0.467 e. The van der Waals surface area contributed by atoms with Gasteiger partial charge in [0.15, 0.2) is 0 Å². The summed E-state index contributed by atoms with van der Waals surface area (Å²) < 4.78 is 45.1. The topological polar surface area (TPSA) is 46.6 Å². The summed E-state index contributed by atoms with van der Waals surface area (Å²) in [5, 5.41) is 0. The van der Waals surface area contributed by atoms with Crippen molar-refractivity contribution < 1.29 is 27.5 Å². The molecule has 0 N–H and O–H groups in total. The normalized spacial score (nSPS) is 13.4. The van der Waals surface area contributed by atoms with Gasteiger partial charge in [0.05, 0.1) is 13.7 Å². The molecule has 0 bridgehead atoms. The number of halogens is 3. The molecule has 25 heavy (non-hydrogen) atoms. The second-order valence-electron chi connectivity index (χ2n) is 5.20. The molecule has 0 aromatic heterocycles. The lowest BCUT2D eigenvalue weighted by Crippen LogP contribution is -2.63. The van der Waals surface area contributed by atoms with Crippen molar-refractivity contribution >= 4 is 11.8 Å². The Kier molecular flexibility index (Phi) is 6.95. The van der Waals surface area contributed by atoms with Crippen LogP contribution >= 0.6 is 0 Å². The van der Waals surface area contributed by atoms with Crippen LogP contribution in [0.5, 0.6) is 0 Å². The third-order valence-corrected chi connectivity index (χ3v) is 3.64. The van der Waals surface area contributed by atoms with E-state index < -0.39 is 36.4 Å². The quantitative estimate of drug-likeness (QED) is 0.259. The third-order valence-electron chi connectivity index (χ3n) is 3.64. The van der Waals surface area contributed by atoms with Crippen molar-refractivity contribution in [2.75, 3.05) is 20.7 Å². The number of benzene rings is 1. The number of carbonyl (C=O) groups is 2. The van der Waals surface area contributed by atoms with E-state index in [2.05, 4.69) is 23.2 Å². The Morgan fingerprint density at radius 2 is 1.88 bits per heavy atom. The van der Waals surface area contributed by atoms with E-state index in [4.69, 9.17) is 0 Å². The highest BCUT2D eigenvalue weighted by Gasteiger charge is 2.63. The van der Waals surface area contributed by atoms with Gasteiger partial charge >= 0.3 is 12.1 Å². The van der Waals surface area contributed by atoms with Crippen molar-refractivity contribution in [2.24, 2.45) is 0 Å². The van der Waals surface area contributed by atoms with Gasteiger partial charge in [0.1, 0.15) is 0 Å². The Morgan fingerprint density at radius 3 is 2.36 bits per heavy atom. The average molecular weight is 353 g/mol. The fraction of sp³-hybridized carbons (Fsp3) is 0.333. The first-order chi connectivity index (χ1) is 11.7. The number of alkyl halides is 3. The number of hydrogen-bond donors (Lipinski definition) is 0. The highest BCUT2D eigenvalue weighted by Crippen LogP contribution is 2.39. The van der Waals surface area contributed by atoms with E-state index in [1.165, 1.54) is 0 Å². The van der Waals surface area contributed by atoms with Gasteiger partial charge in [-0.25, -0.2) is 4.79 Å². The molecule has 1 aromatic rings. The van der Waals surface area contributed by atoms with E-state index in [1.807, 2.05) is 0 Å². The van der Waals surface area contributed by atoms with Crippen LogP contribution in [0, 0.1) is 11.8 Å². The predicted octanol–water partition coefficient (Wildman–Crippen LogP) is 2.85. The number of methoxy groups -OCH3 is 1. The molecule has 0 aliphatic rings. The number of ketones is 1. The zero-order valence-electron chi connectivity index (χ0n) is 13.9. The van der Waals surface area contributed by atoms with Crippen molar-refractivity contribution in [1.82, 2.24) is 4.90 Å². The smallest absolute Gasteiger partial charge is 0.417 e. The van der Waals surface area contributed by atoms with Crippen molar-refractivity contribution in [3.8, 4) is 11.8 Å². The van der Waals surface area contributed by atoms with Gasteiger partial charge in [0.25, 0.3) is 0 Å². The number of carbonyl (C=O) groups excluding carboxylic acids is 2. The molecule has 0 fully saturated rings. The van der Waals surface area contributed by atoms with Crippen molar-refractivity contribution in [3.05, 3.63) is 48.6 Å². The lowest BCUT2D eigenvalue weighted by atomic mass is 9.92. The molecule has 0 aliphatic heterocycles. The van der Waals surface area contributed by atoms with Gasteiger partial charge in [-0.3, -0.25) is 9.69 Å². The van der Waals surface area contributed by atoms with Gasteiger partial charge in [0, 0.05) is 12.0 Å². The predicted molar refractivity (Wildman–Crippen MR) is 86.8 cm³/mol. The maximum atomic E-state index is 13.6. The van der Waals surface area contributed by atoms with Crippen LogP contribution in [0.1, 0.15) is 16.8 Å². The summed E-state index contributed by atoms with van der Waals surface area (Å²) in [7, 11) is 1.97. The van der Waals surface area contributed by atoms with Crippen LogP contribution in [-0.2, 0) is 9.53 Å². The number of rotatable bonds is 6. The summed E-state index contributed by atoms with van der Waals surface area (Å²) >= 11 is 0. The third kappa shape index (κ3) is 4.48.